The predicted molar refractivity (Wildman–Crippen MR) is 83.2 cm³/mol. The molecule has 122 valence electrons. The summed E-state index contributed by atoms with van der Waals surface area (Å²) in [6.07, 6.45) is 1.48. The number of fused-ring (bicyclic) bond motifs is 1. The maximum Gasteiger partial charge on any atom is 0.246 e. The van der Waals surface area contributed by atoms with Crippen molar-refractivity contribution in [3.8, 4) is 0 Å². The molecule has 1 unspecified atom stereocenters. The lowest BCUT2D eigenvalue weighted by Crippen LogP contribution is -2.38. The molecule has 1 atom stereocenters. The Kier molecular flexibility index (Phi) is 5.10. The van der Waals surface area contributed by atoms with Crippen molar-refractivity contribution < 1.29 is 18.8 Å². The zero-order valence-corrected chi connectivity index (χ0v) is 12.8. The summed E-state index contributed by atoms with van der Waals surface area (Å²) in [5.41, 5.74) is 1.20. The number of nitrogens with one attached hydrogen (secondary N) is 2. The van der Waals surface area contributed by atoms with Crippen LogP contribution >= 0.6 is 0 Å². The van der Waals surface area contributed by atoms with Crippen molar-refractivity contribution in [3.63, 3.8) is 0 Å². The molecule has 1 aliphatic heterocycles. The Bertz CT molecular complexity index is 660. The highest BCUT2D eigenvalue weighted by Gasteiger charge is 2.30. The number of carbonyl (C=O) groups is 3. The standard InChI is InChI=1S/C16H18FN3O3/c1-3-15(22)20(2)9-14(21)18-7-6-11-12-8-10(17)4-5-13(12)19-16(11)23/h3-5,8,11H,1,6-7,9H2,2H3,(H,18,21)(H,19,23). The van der Waals surface area contributed by atoms with Gasteiger partial charge in [0.25, 0.3) is 0 Å². The summed E-state index contributed by atoms with van der Waals surface area (Å²) < 4.78 is 13.3. The van der Waals surface area contributed by atoms with Gasteiger partial charge in [-0.2, -0.15) is 0 Å². The third kappa shape index (κ3) is 3.94. The molecule has 1 aromatic rings. The first-order chi connectivity index (χ1) is 10.9. The average molecular weight is 319 g/mol. The highest BCUT2D eigenvalue weighted by molar-refractivity contribution is 6.02. The minimum atomic E-state index is -0.492. The predicted octanol–water partition coefficient (Wildman–Crippen LogP) is 1.01. The van der Waals surface area contributed by atoms with Crippen LogP contribution < -0.4 is 10.6 Å². The quantitative estimate of drug-likeness (QED) is 0.768. The zero-order chi connectivity index (χ0) is 17.0. The molecule has 7 heteroatoms. The van der Waals surface area contributed by atoms with E-state index in [4.69, 9.17) is 0 Å². The van der Waals surface area contributed by atoms with Crippen LogP contribution in [0.1, 0.15) is 17.9 Å². The van der Waals surface area contributed by atoms with Gasteiger partial charge in [-0.15, -0.1) is 0 Å². The normalized spacial score (nSPS) is 15.6. The molecule has 0 saturated carbocycles. The lowest BCUT2D eigenvalue weighted by molar-refractivity contribution is -0.131. The van der Waals surface area contributed by atoms with Gasteiger partial charge in [0.1, 0.15) is 5.82 Å². The summed E-state index contributed by atoms with van der Waals surface area (Å²) in [6, 6.07) is 4.14. The van der Waals surface area contributed by atoms with E-state index in [1.54, 1.807) is 0 Å². The minimum Gasteiger partial charge on any atom is -0.355 e. The topological polar surface area (TPSA) is 78.5 Å². The molecule has 1 aromatic carbocycles. The van der Waals surface area contributed by atoms with Crippen molar-refractivity contribution in [1.82, 2.24) is 10.2 Å². The highest BCUT2D eigenvalue weighted by atomic mass is 19.1. The van der Waals surface area contributed by atoms with Gasteiger partial charge in [-0.25, -0.2) is 4.39 Å². The number of likely N-dealkylation sites (N-methyl/N-ethyl adjacent to an activating group) is 1. The molecule has 0 spiro atoms. The van der Waals surface area contributed by atoms with Crippen LogP contribution in [0.5, 0.6) is 0 Å². The second kappa shape index (κ2) is 7.04. The Morgan fingerprint density at radius 3 is 2.91 bits per heavy atom. The Morgan fingerprint density at radius 1 is 1.48 bits per heavy atom. The summed E-state index contributed by atoms with van der Waals surface area (Å²) in [5, 5.41) is 5.33. The second-order valence-corrected chi connectivity index (χ2v) is 5.31. The first-order valence-electron chi connectivity index (χ1n) is 7.17. The lowest BCUT2D eigenvalue weighted by Gasteiger charge is -2.15. The first-order valence-corrected chi connectivity index (χ1v) is 7.17. The van der Waals surface area contributed by atoms with Crippen molar-refractivity contribution in [1.29, 1.82) is 0 Å². The van der Waals surface area contributed by atoms with Gasteiger partial charge in [-0.1, -0.05) is 6.58 Å². The lowest BCUT2D eigenvalue weighted by atomic mass is 9.97. The highest BCUT2D eigenvalue weighted by Crippen LogP contribution is 2.34. The van der Waals surface area contributed by atoms with E-state index in [1.807, 2.05) is 0 Å². The molecule has 23 heavy (non-hydrogen) atoms. The fraction of sp³-hybridized carbons (Fsp3) is 0.312. The van der Waals surface area contributed by atoms with Gasteiger partial charge in [0.15, 0.2) is 0 Å². The van der Waals surface area contributed by atoms with E-state index < -0.39 is 11.7 Å². The van der Waals surface area contributed by atoms with Gasteiger partial charge < -0.3 is 15.5 Å². The number of benzene rings is 1. The van der Waals surface area contributed by atoms with E-state index in [2.05, 4.69) is 17.2 Å². The molecule has 0 fully saturated rings. The van der Waals surface area contributed by atoms with Crippen LogP contribution in [0.25, 0.3) is 0 Å². The Morgan fingerprint density at radius 2 is 2.22 bits per heavy atom. The monoisotopic (exact) mass is 319 g/mol. The van der Waals surface area contributed by atoms with Gasteiger partial charge in [0, 0.05) is 19.3 Å². The van der Waals surface area contributed by atoms with Crippen molar-refractivity contribution >= 4 is 23.4 Å². The van der Waals surface area contributed by atoms with Crippen LogP contribution in [-0.4, -0.2) is 42.8 Å². The molecule has 0 saturated heterocycles. The molecular formula is C16H18FN3O3. The molecule has 3 amide bonds. The minimum absolute atomic E-state index is 0.0903. The number of anilines is 1. The average Bonchev–Trinajstić information content (AvgIpc) is 2.82. The van der Waals surface area contributed by atoms with E-state index in [1.165, 1.54) is 30.1 Å². The molecule has 0 aliphatic carbocycles. The summed E-state index contributed by atoms with van der Waals surface area (Å²) >= 11 is 0. The van der Waals surface area contributed by atoms with Crippen LogP contribution in [0.15, 0.2) is 30.9 Å². The number of nitrogens with zero attached hydrogens (tertiary/aromatic N) is 1. The summed E-state index contributed by atoms with van der Waals surface area (Å²) in [7, 11) is 1.49. The van der Waals surface area contributed by atoms with Crippen molar-refractivity contribution in [3.05, 3.63) is 42.2 Å². The summed E-state index contributed by atoms with van der Waals surface area (Å²) in [5.74, 6) is -1.79. The number of carbonyl (C=O) groups excluding carboxylic acids is 3. The molecule has 0 aromatic heterocycles. The molecule has 2 rings (SSSR count). The first kappa shape index (κ1) is 16.7. The van der Waals surface area contributed by atoms with Crippen LogP contribution in [0, 0.1) is 5.82 Å². The Hall–Kier alpha value is -2.70. The van der Waals surface area contributed by atoms with Crippen LogP contribution in [0.3, 0.4) is 0 Å². The molecule has 0 radical (unpaired) electrons. The van der Waals surface area contributed by atoms with E-state index in [0.717, 1.165) is 6.08 Å². The Balaban J connectivity index is 1.86. The summed E-state index contributed by atoms with van der Waals surface area (Å²) in [4.78, 5) is 36.2. The van der Waals surface area contributed by atoms with Crippen molar-refractivity contribution in [2.24, 2.45) is 0 Å². The third-order valence-electron chi connectivity index (χ3n) is 3.65. The molecule has 1 aliphatic rings. The number of hydrogen-bond acceptors (Lipinski definition) is 3. The van der Waals surface area contributed by atoms with Gasteiger partial charge in [0.05, 0.1) is 12.5 Å². The zero-order valence-electron chi connectivity index (χ0n) is 12.8. The summed E-state index contributed by atoms with van der Waals surface area (Å²) in [6.45, 7) is 3.50. The number of amides is 3. The van der Waals surface area contributed by atoms with Gasteiger partial charge in [-0.3, -0.25) is 14.4 Å². The number of hydrogen-bond donors (Lipinski definition) is 2. The van der Waals surface area contributed by atoms with E-state index in [9.17, 15) is 18.8 Å². The second-order valence-electron chi connectivity index (χ2n) is 5.31. The van der Waals surface area contributed by atoms with Gasteiger partial charge >= 0.3 is 0 Å². The van der Waals surface area contributed by atoms with E-state index in [-0.39, 0.29) is 30.8 Å². The van der Waals surface area contributed by atoms with Crippen LogP contribution in [-0.2, 0) is 14.4 Å². The maximum atomic E-state index is 13.3. The van der Waals surface area contributed by atoms with Crippen LogP contribution in [0.2, 0.25) is 0 Å². The Labute approximate surface area is 133 Å². The van der Waals surface area contributed by atoms with E-state index >= 15 is 0 Å². The molecule has 2 N–H and O–H groups in total. The third-order valence-corrected chi connectivity index (χ3v) is 3.65. The number of halogens is 1. The van der Waals surface area contributed by atoms with E-state index in [0.29, 0.717) is 17.7 Å². The fourth-order valence-electron chi connectivity index (χ4n) is 2.44. The van der Waals surface area contributed by atoms with Gasteiger partial charge in [-0.05, 0) is 36.3 Å². The van der Waals surface area contributed by atoms with Crippen molar-refractivity contribution in [2.75, 3.05) is 25.5 Å². The fourth-order valence-corrected chi connectivity index (χ4v) is 2.44. The molecular weight excluding hydrogens is 301 g/mol. The molecule has 6 nitrogen and oxygen atoms in total. The SMILES string of the molecule is C=CC(=O)N(C)CC(=O)NCCC1C(=O)Nc2ccc(F)cc21. The molecule has 0 bridgehead atoms. The smallest absolute Gasteiger partial charge is 0.246 e. The number of rotatable bonds is 6. The largest absolute Gasteiger partial charge is 0.355 e. The maximum absolute atomic E-state index is 13.3. The van der Waals surface area contributed by atoms with Crippen molar-refractivity contribution in [2.45, 2.75) is 12.3 Å². The van der Waals surface area contributed by atoms with Gasteiger partial charge in [0.2, 0.25) is 17.7 Å². The van der Waals surface area contributed by atoms with Crippen LogP contribution in [0.4, 0.5) is 10.1 Å². The molecule has 1 heterocycles.